The summed E-state index contributed by atoms with van der Waals surface area (Å²) in [5, 5.41) is 3.23. The molecule has 1 heterocycles. The predicted molar refractivity (Wildman–Crippen MR) is 108 cm³/mol. The predicted octanol–water partition coefficient (Wildman–Crippen LogP) is 3.62. The number of carbonyl (C=O) groups is 2. The molecule has 146 valence electrons. The number of anilines is 1. The Morgan fingerprint density at radius 2 is 1.93 bits per heavy atom. The van der Waals surface area contributed by atoms with E-state index in [-0.39, 0.29) is 30.2 Å². The van der Waals surface area contributed by atoms with Gasteiger partial charge in [-0.15, -0.1) is 0 Å². The fourth-order valence-corrected chi connectivity index (χ4v) is 3.86. The van der Waals surface area contributed by atoms with E-state index in [2.05, 4.69) is 36.5 Å². The average Bonchev–Trinajstić information content (AvgIpc) is 3.48. The molecule has 5 heteroatoms. The first kappa shape index (κ1) is 18.5. The lowest BCUT2D eigenvalue weighted by atomic mass is 9.99. The van der Waals surface area contributed by atoms with Crippen molar-refractivity contribution in [2.24, 2.45) is 11.8 Å². The van der Waals surface area contributed by atoms with Crippen LogP contribution < -0.4 is 15.0 Å². The first-order chi connectivity index (χ1) is 13.5. The molecule has 1 aliphatic carbocycles. The summed E-state index contributed by atoms with van der Waals surface area (Å²) in [7, 11) is 1.60. The molecule has 0 bridgehead atoms. The second-order valence-electron chi connectivity index (χ2n) is 7.84. The maximum Gasteiger partial charge on any atom is 0.227 e. The van der Waals surface area contributed by atoms with Gasteiger partial charge in [0.15, 0.2) is 0 Å². The molecule has 0 spiro atoms. The number of aryl methyl sites for hydroxylation is 1. The summed E-state index contributed by atoms with van der Waals surface area (Å²) in [6, 6.07) is 15.8. The zero-order valence-electron chi connectivity index (χ0n) is 16.4. The molecule has 28 heavy (non-hydrogen) atoms. The zero-order valence-corrected chi connectivity index (χ0v) is 16.4. The quantitative estimate of drug-likeness (QED) is 0.835. The van der Waals surface area contributed by atoms with Gasteiger partial charge in [-0.3, -0.25) is 9.59 Å². The number of carbonyl (C=O) groups excluding carboxylic acids is 2. The third-order valence-corrected chi connectivity index (χ3v) is 5.69. The number of ether oxygens (including phenoxy) is 1. The van der Waals surface area contributed by atoms with Gasteiger partial charge in [0.2, 0.25) is 11.8 Å². The van der Waals surface area contributed by atoms with Crippen LogP contribution in [0.25, 0.3) is 0 Å². The van der Waals surface area contributed by atoms with Crippen LogP contribution in [0.5, 0.6) is 5.75 Å². The molecule has 2 unspecified atom stereocenters. The summed E-state index contributed by atoms with van der Waals surface area (Å²) in [6.45, 7) is 2.47. The van der Waals surface area contributed by atoms with Crippen molar-refractivity contribution in [1.82, 2.24) is 5.32 Å². The Hall–Kier alpha value is -2.82. The van der Waals surface area contributed by atoms with Gasteiger partial charge < -0.3 is 15.0 Å². The molecule has 2 atom stereocenters. The Morgan fingerprint density at radius 3 is 2.61 bits per heavy atom. The number of benzene rings is 2. The van der Waals surface area contributed by atoms with E-state index in [9.17, 15) is 9.59 Å². The smallest absolute Gasteiger partial charge is 0.227 e. The van der Waals surface area contributed by atoms with Gasteiger partial charge in [-0.1, -0.05) is 35.9 Å². The number of hydrogen-bond acceptors (Lipinski definition) is 3. The highest BCUT2D eigenvalue weighted by atomic mass is 16.5. The van der Waals surface area contributed by atoms with E-state index >= 15 is 0 Å². The third kappa shape index (κ3) is 3.88. The van der Waals surface area contributed by atoms with E-state index in [1.165, 1.54) is 5.56 Å². The first-order valence-electron chi connectivity index (χ1n) is 9.86. The lowest BCUT2D eigenvalue weighted by Gasteiger charge is -2.22. The highest BCUT2D eigenvalue weighted by Crippen LogP contribution is 2.41. The van der Waals surface area contributed by atoms with Crippen LogP contribution in [0.2, 0.25) is 0 Å². The molecule has 2 aromatic rings. The summed E-state index contributed by atoms with van der Waals surface area (Å²) in [4.78, 5) is 27.2. The number of nitrogens with one attached hydrogen (secondary N) is 1. The Kier molecular flexibility index (Phi) is 5.07. The second kappa shape index (κ2) is 7.66. The minimum absolute atomic E-state index is 0.0216. The van der Waals surface area contributed by atoms with Crippen molar-refractivity contribution in [1.29, 1.82) is 0 Å². The van der Waals surface area contributed by atoms with Gasteiger partial charge in [0, 0.05) is 24.7 Å². The normalized spacial score (nSPS) is 20.1. The molecular weight excluding hydrogens is 352 g/mol. The van der Waals surface area contributed by atoms with Crippen LogP contribution in [0.1, 0.15) is 36.4 Å². The molecule has 5 nitrogen and oxygen atoms in total. The van der Waals surface area contributed by atoms with E-state index in [0.717, 1.165) is 24.1 Å². The van der Waals surface area contributed by atoms with E-state index in [0.29, 0.717) is 18.2 Å². The van der Waals surface area contributed by atoms with Crippen molar-refractivity contribution in [2.45, 2.75) is 32.2 Å². The number of rotatable bonds is 6. The Bertz CT molecular complexity index is 874. The van der Waals surface area contributed by atoms with E-state index in [1.54, 1.807) is 12.0 Å². The highest BCUT2D eigenvalue weighted by molar-refractivity contribution is 6.00. The molecule has 2 aromatic carbocycles. The van der Waals surface area contributed by atoms with Crippen LogP contribution in [0.4, 0.5) is 5.69 Å². The van der Waals surface area contributed by atoms with E-state index < -0.39 is 0 Å². The van der Waals surface area contributed by atoms with Crippen molar-refractivity contribution >= 4 is 17.5 Å². The maximum atomic E-state index is 13.0. The number of methoxy groups -OCH3 is 1. The molecule has 1 aliphatic heterocycles. The molecule has 2 amide bonds. The molecule has 0 radical (unpaired) electrons. The van der Waals surface area contributed by atoms with Gasteiger partial charge in [0.25, 0.3) is 0 Å². The first-order valence-corrected chi connectivity index (χ1v) is 9.86. The van der Waals surface area contributed by atoms with Crippen molar-refractivity contribution in [2.75, 3.05) is 18.6 Å². The largest absolute Gasteiger partial charge is 0.497 e. The van der Waals surface area contributed by atoms with Crippen molar-refractivity contribution in [3.8, 4) is 5.75 Å². The molecule has 0 aromatic heterocycles. The minimum atomic E-state index is -0.328. The summed E-state index contributed by atoms with van der Waals surface area (Å²) in [5.74, 6) is 0.818. The van der Waals surface area contributed by atoms with Crippen molar-refractivity contribution in [3.05, 3.63) is 59.7 Å². The Labute approximate surface area is 165 Å². The van der Waals surface area contributed by atoms with Crippen molar-refractivity contribution < 1.29 is 14.3 Å². The Balaban J connectivity index is 1.46. The van der Waals surface area contributed by atoms with Crippen LogP contribution in [0, 0.1) is 18.8 Å². The highest BCUT2D eigenvalue weighted by Gasteiger charge is 2.39. The maximum absolute atomic E-state index is 13.0. The molecule has 1 saturated carbocycles. The molecule has 1 saturated heterocycles. The molecule has 2 aliphatic rings. The van der Waals surface area contributed by atoms with Crippen molar-refractivity contribution in [3.63, 3.8) is 0 Å². The van der Waals surface area contributed by atoms with Gasteiger partial charge in [0.05, 0.1) is 19.1 Å². The van der Waals surface area contributed by atoms with Crippen LogP contribution >= 0.6 is 0 Å². The van der Waals surface area contributed by atoms with Crippen LogP contribution in [-0.2, 0) is 9.59 Å². The fraction of sp³-hybridized carbons (Fsp3) is 0.391. The topological polar surface area (TPSA) is 58.6 Å². The molecule has 1 N–H and O–H groups in total. The summed E-state index contributed by atoms with van der Waals surface area (Å²) in [6.07, 6.45) is 2.52. The summed E-state index contributed by atoms with van der Waals surface area (Å²) >= 11 is 0. The van der Waals surface area contributed by atoms with E-state index in [1.807, 2.05) is 24.3 Å². The van der Waals surface area contributed by atoms with E-state index in [4.69, 9.17) is 4.74 Å². The molecule has 2 fully saturated rings. The number of nitrogens with zero attached hydrogens (tertiary/aromatic N) is 1. The standard InChI is InChI=1S/C23H26N2O3/c1-15-6-8-16(9-7-15)22(17-10-11-17)24-23(27)18-12-21(26)25(14-18)19-4-3-5-20(13-19)28-2/h3-9,13,17-18,22H,10-12,14H2,1-2H3,(H,24,27). The summed E-state index contributed by atoms with van der Waals surface area (Å²) < 4.78 is 5.25. The third-order valence-electron chi connectivity index (χ3n) is 5.69. The SMILES string of the molecule is COc1cccc(N2CC(C(=O)NC(c3ccc(C)cc3)C3CC3)CC2=O)c1. The van der Waals surface area contributed by atoms with Crippen LogP contribution in [0.15, 0.2) is 48.5 Å². The van der Waals surface area contributed by atoms with Crippen LogP contribution in [-0.4, -0.2) is 25.5 Å². The lowest BCUT2D eigenvalue weighted by Crippen LogP contribution is -2.36. The lowest BCUT2D eigenvalue weighted by molar-refractivity contribution is -0.127. The monoisotopic (exact) mass is 378 g/mol. The van der Waals surface area contributed by atoms with Gasteiger partial charge in [-0.2, -0.15) is 0 Å². The zero-order chi connectivity index (χ0) is 19.7. The fourth-order valence-electron chi connectivity index (χ4n) is 3.86. The van der Waals surface area contributed by atoms with Crippen LogP contribution in [0.3, 0.4) is 0 Å². The number of amides is 2. The van der Waals surface area contributed by atoms with Gasteiger partial charge in [0.1, 0.15) is 5.75 Å². The Morgan fingerprint density at radius 1 is 1.18 bits per heavy atom. The molecular formula is C23H26N2O3. The molecule has 4 rings (SSSR count). The minimum Gasteiger partial charge on any atom is -0.497 e. The number of hydrogen-bond donors (Lipinski definition) is 1. The summed E-state index contributed by atoms with van der Waals surface area (Å²) in [5.41, 5.74) is 3.13. The second-order valence-corrected chi connectivity index (χ2v) is 7.84. The van der Waals surface area contributed by atoms with Gasteiger partial charge in [-0.25, -0.2) is 0 Å². The van der Waals surface area contributed by atoms with Gasteiger partial charge in [-0.05, 0) is 43.4 Å². The average molecular weight is 378 g/mol. The van der Waals surface area contributed by atoms with Gasteiger partial charge >= 0.3 is 0 Å².